The maximum atomic E-state index is 14.1. The zero-order valence-corrected chi connectivity index (χ0v) is 19.8. The largest absolute Gasteiger partial charge is 0.469 e. The van der Waals surface area contributed by atoms with E-state index in [0.29, 0.717) is 6.42 Å². The molecule has 4 aliphatic carbocycles. The number of esters is 3. The first-order chi connectivity index (χ1) is 15.0. The number of ketones is 1. The zero-order chi connectivity index (χ0) is 23.4. The summed E-state index contributed by atoms with van der Waals surface area (Å²) < 4.78 is 16.3. The number of Topliss-reactive ketones (excluding diaryl/α,β-unsaturated/α-hetero) is 1. The molecule has 4 aliphatic rings. The molecule has 32 heavy (non-hydrogen) atoms. The monoisotopic (exact) mass is 448 g/mol. The van der Waals surface area contributed by atoms with Crippen LogP contribution in [-0.2, 0) is 33.4 Å². The zero-order valence-electron chi connectivity index (χ0n) is 19.8. The average Bonchev–Trinajstić information content (AvgIpc) is 3.07. The summed E-state index contributed by atoms with van der Waals surface area (Å²) in [7, 11) is 1.38. The van der Waals surface area contributed by atoms with Crippen molar-refractivity contribution in [3.05, 3.63) is 0 Å². The van der Waals surface area contributed by atoms with Gasteiger partial charge in [0.2, 0.25) is 0 Å². The highest BCUT2D eigenvalue weighted by atomic mass is 16.6. The Balaban J connectivity index is 1.70. The number of ether oxygens (including phenoxy) is 3. The van der Waals surface area contributed by atoms with Gasteiger partial charge in [0.05, 0.1) is 13.0 Å². The van der Waals surface area contributed by atoms with E-state index in [9.17, 15) is 19.2 Å². The lowest BCUT2D eigenvalue weighted by Gasteiger charge is -2.61. The molecule has 0 unspecified atom stereocenters. The highest BCUT2D eigenvalue weighted by Crippen LogP contribution is 2.67. The first-order valence-corrected chi connectivity index (χ1v) is 12.0. The minimum atomic E-state index is -0.931. The van der Waals surface area contributed by atoms with Crippen LogP contribution in [0.3, 0.4) is 0 Å². The molecule has 0 aromatic rings. The van der Waals surface area contributed by atoms with Crippen molar-refractivity contribution in [1.29, 1.82) is 0 Å². The van der Waals surface area contributed by atoms with Gasteiger partial charge in [0.25, 0.3) is 0 Å². The summed E-state index contributed by atoms with van der Waals surface area (Å²) in [4.78, 5) is 50.3. The molecule has 0 heterocycles. The summed E-state index contributed by atoms with van der Waals surface area (Å²) in [6.07, 6.45) is 4.67. The van der Waals surface area contributed by atoms with Crippen LogP contribution in [0.25, 0.3) is 0 Å². The minimum absolute atomic E-state index is 0.0297. The normalized spacial score (nSPS) is 45.2. The van der Waals surface area contributed by atoms with Crippen molar-refractivity contribution in [3.63, 3.8) is 0 Å². The molecule has 0 aromatic heterocycles. The third-order valence-electron chi connectivity index (χ3n) is 9.54. The van der Waals surface area contributed by atoms with Crippen LogP contribution < -0.4 is 0 Å². The Morgan fingerprint density at radius 3 is 2.25 bits per heavy atom. The van der Waals surface area contributed by atoms with Crippen LogP contribution in [0.15, 0.2) is 0 Å². The number of hydrogen-bond donors (Lipinski definition) is 0. The Morgan fingerprint density at radius 1 is 0.938 bits per heavy atom. The summed E-state index contributed by atoms with van der Waals surface area (Å²) in [6.45, 7) is 6.93. The number of hydrogen-bond acceptors (Lipinski definition) is 7. The summed E-state index contributed by atoms with van der Waals surface area (Å²) in [5, 5.41) is 0. The van der Waals surface area contributed by atoms with E-state index in [0.717, 1.165) is 38.5 Å². The molecule has 4 fully saturated rings. The van der Waals surface area contributed by atoms with Gasteiger partial charge in [-0.1, -0.05) is 13.8 Å². The molecular weight excluding hydrogens is 412 g/mol. The third-order valence-corrected chi connectivity index (χ3v) is 9.54. The van der Waals surface area contributed by atoms with Gasteiger partial charge in [-0.15, -0.1) is 0 Å². The van der Waals surface area contributed by atoms with E-state index < -0.39 is 23.4 Å². The van der Waals surface area contributed by atoms with Crippen molar-refractivity contribution in [3.8, 4) is 0 Å². The minimum Gasteiger partial charge on any atom is -0.469 e. The summed E-state index contributed by atoms with van der Waals surface area (Å²) in [5.41, 5.74) is -0.963. The molecular formula is C25H36O7. The molecule has 0 N–H and O–H groups in total. The van der Waals surface area contributed by atoms with Crippen LogP contribution in [0.5, 0.6) is 0 Å². The predicted molar refractivity (Wildman–Crippen MR) is 114 cm³/mol. The van der Waals surface area contributed by atoms with Crippen molar-refractivity contribution in [2.45, 2.75) is 84.8 Å². The van der Waals surface area contributed by atoms with Gasteiger partial charge in [0.15, 0.2) is 11.9 Å². The SMILES string of the molecule is COC(=O)[C@@H]1CC[C@@H]2[C@@H]3CC[C@@H]4C[C@H](OC(C)=O)CC[C@]4(C)[C@H]3C(=O)[C@H](OC(C)=O)[C@]21C. The maximum Gasteiger partial charge on any atom is 0.309 e. The second-order valence-electron chi connectivity index (χ2n) is 10.9. The lowest BCUT2D eigenvalue weighted by atomic mass is 9.43. The second-order valence-corrected chi connectivity index (χ2v) is 10.9. The van der Waals surface area contributed by atoms with E-state index >= 15 is 0 Å². The number of carbonyl (C=O) groups is 4. The first kappa shape index (κ1) is 23.2. The Labute approximate surface area is 189 Å². The fraction of sp³-hybridized carbons (Fsp3) is 0.840. The van der Waals surface area contributed by atoms with Crippen molar-refractivity contribution in [2.24, 2.45) is 40.4 Å². The number of rotatable bonds is 3. The molecule has 7 nitrogen and oxygen atoms in total. The molecule has 0 amide bonds. The van der Waals surface area contributed by atoms with Gasteiger partial charge in [-0.2, -0.15) is 0 Å². The molecule has 7 heteroatoms. The number of carbonyl (C=O) groups excluding carboxylic acids is 4. The molecule has 178 valence electrons. The fourth-order valence-electron chi connectivity index (χ4n) is 8.21. The number of methoxy groups -OCH3 is 1. The van der Waals surface area contributed by atoms with Gasteiger partial charge in [-0.3, -0.25) is 19.2 Å². The van der Waals surface area contributed by atoms with Crippen molar-refractivity contribution in [2.75, 3.05) is 7.11 Å². The van der Waals surface area contributed by atoms with E-state index in [1.54, 1.807) is 0 Å². The van der Waals surface area contributed by atoms with Crippen LogP contribution >= 0.6 is 0 Å². The predicted octanol–water partition coefficient (Wildman–Crippen LogP) is 3.47. The Bertz CT molecular complexity index is 821. The highest BCUT2D eigenvalue weighted by molar-refractivity contribution is 5.91. The van der Waals surface area contributed by atoms with Gasteiger partial charge < -0.3 is 14.2 Å². The Morgan fingerprint density at radius 2 is 1.62 bits per heavy atom. The molecule has 0 spiro atoms. The van der Waals surface area contributed by atoms with Crippen molar-refractivity contribution < 1.29 is 33.4 Å². The van der Waals surface area contributed by atoms with E-state index in [4.69, 9.17) is 14.2 Å². The Hall–Kier alpha value is -1.92. The van der Waals surface area contributed by atoms with E-state index in [2.05, 4.69) is 6.92 Å². The van der Waals surface area contributed by atoms with Crippen LogP contribution in [0, 0.1) is 40.4 Å². The molecule has 0 aliphatic heterocycles. The summed E-state index contributed by atoms with van der Waals surface area (Å²) in [5.74, 6) is -1.18. The van der Waals surface area contributed by atoms with E-state index in [1.807, 2.05) is 6.92 Å². The Kier molecular flexibility index (Phi) is 5.91. The van der Waals surface area contributed by atoms with Crippen molar-refractivity contribution in [1.82, 2.24) is 0 Å². The number of fused-ring (bicyclic) bond motifs is 5. The molecule has 9 atom stereocenters. The summed E-state index contributed by atoms with van der Waals surface area (Å²) in [6, 6.07) is 0. The van der Waals surface area contributed by atoms with Gasteiger partial charge in [0, 0.05) is 25.2 Å². The van der Waals surface area contributed by atoms with Crippen LogP contribution in [-0.4, -0.2) is 43.0 Å². The van der Waals surface area contributed by atoms with E-state index in [1.165, 1.54) is 21.0 Å². The lowest BCUT2D eigenvalue weighted by Crippen LogP contribution is -2.64. The van der Waals surface area contributed by atoms with Gasteiger partial charge >= 0.3 is 17.9 Å². The molecule has 0 aromatic carbocycles. The van der Waals surface area contributed by atoms with Gasteiger partial charge in [0.1, 0.15) is 6.10 Å². The third kappa shape index (κ3) is 3.38. The molecule has 4 rings (SSSR count). The fourth-order valence-corrected chi connectivity index (χ4v) is 8.21. The smallest absolute Gasteiger partial charge is 0.309 e. The van der Waals surface area contributed by atoms with Gasteiger partial charge in [-0.05, 0) is 68.1 Å². The summed E-state index contributed by atoms with van der Waals surface area (Å²) >= 11 is 0. The van der Waals surface area contributed by atoms with Crippen LogP contribution in [0.4, 0.5) is 0 Å². The van der Waals surface area contributed by atoms with Crippen LogP contribution in [0.2, 0.25) is 0 Å². The lowest BCUT2D eigenvalue weighted by molar-refractivity contribution is -0.200. The quantitative estimate of drug-likeness (QED) is 0.482. The molecule has 0 saturated heterocycles. The molecule has 0 radical (unpaired) electrons. The first-order valence-electron chi connectivity index (χ1n) is 12.0. The van der Waals surface area contributed by atoms with Crippen LogP contribution in [0.1, 0.15) is 72.6 Å². The molecule has 0 bridgehead atoms. The standard InChI is InChI=1S/C25H36O7/c1-13(26)31-16-10-11-24(3)15(12-16)6-7-17-18-8-9-19(23(29)30-5)25(18,4)22(32-14(2)27)21(28)20(17)24/h15-20,22H,6-12H2,1-5H3/t15-,16-,17+,18-,19+,20-,22+,24+,25-/m1/s1. The topological polar surface area (TPSA) is 96.0 Å². The van der Waals surface area contributed by atoms with E-state index in [-0.39, 0.29) is 52.9 Å². The maximum absolute atomic E-state index is 14.1. The highest BCUT2D eigenvalue weighted by Gasteiger charge is 2.69. The van der Waals surface area contributed by atoms with Crippen molar-refractivity contribution >= 4 is 23.7 Å². The second kappa shape index (κ2) is 8.14. The van der Waals surface area contributed by atoms with Gasteiger partial charge in [-0.25, -0.2) is 0 Å². The molecule has 4 saturated carbocycles. The average molecular weight is 449 g/mol.